The first-order valence-corrected chi connectivity index (χ1v) is 9.13. The number of piperazine rings is 1. The predicted octanol–water partition coefficient (Wildman–Crippen LogP) is 3.76. The van der Waals surface area contributed by atoms with E-state index in [1.807, 2.05) is 60.7 Å². The summed E-state index contributed by atoms with van der Waals surface area (Å²) in [4.78, 5) is 13.6. The van der Waals surface area contributed by atoms with Gasteiger partial charge in [0.05, 0.1) is 0 Å². The number of para-hydroxylation sites is 1. The number of nitrogens with one attached hydrogen (secondary N) is 1. The monoisotopic (exact) mass is 361 g/mol. The summed E-state index contributed by atoms with van der Waals surface area (Å²) in [7, 11) is 2.14. The van der Waals surface area contributed by atoms with Crippen molar-refractivity contribution < 1.29 is 4.74 Å². The Hall–Kier alpha value is -3.12. The third-order valence-corrected chi connectivity index (χ3v) is 4.53. The molecule has 0 aliphatic carbocycles. The first-order valence-electron chi connectivity index (χ1n) is 9.13. The summed E-state index contributed by atoms with van der Waals surface area (Å²) in [6.45, 7) is 3.96. The lowest BCUT2D eigenvalue weighted by Gasteiger charge is -2.32. The van der Waals surface area contributed by atoms with Crippen molar-refractivity contribution in [2.75, 3.05) is 43.4 Å². The van der Waals surface area contributed by atoms with Gasteiger partial charge in [0.1, 0.15) is 17.3 Å². The highest BCUT2D eigenvalue weighted by Gasteiger charge is 2.16. The van der Waals surface area contributed by atoms with Crippen LogP contribution in [0.5, 0.6) is 11.5 Å². The average molecular weight is 361 g/mol. The Kier molecular flexibility index (Phi) is 5.16. The van der Waals surface area contributed by atoms with Crippen LogP contribution < -0.4 is 15.0 Å². The van der Waals surface area contributed by atoms with Gasteiger partial charge < -0.3 is 19.9 Å². The van der Waals surface area contributed by atoms with Crippen LogP contribution in [-0.2, 0) is 0 Å². The van der Waals surface area contributed by atoms with Crippen LogP contribution in [0.4, 0.5) is 17.5 Å². The molecule has 6 nitrogen and oxygen atoms in total. The van der Waals surface area contributed by atoms with Crippen LogP contribution >= 0.6 is 0 Å². The molecule has 0 saturated carbocycles. The molecule has 1 N–H and O–H groups in total. The zero-order valence-electron chi connectivity index (χ0n) is 15.4. The molecule has 0 amide bonds. The number of ether oxygens (including phenoxy) is 1. The number of hydrogen-bond donors (Lipinski definition) is 1. The fourth-order valence-electron chi connectivity index (χ4n) is 2.96. The molecule has 3 aromatic rings. The van der Waals surface area contributed by atoms with Gasteiger partial charge in [-0.1, -0.05) is 18.2 Å². The molecule has 6 heteroatoms. The van der Waals surface area contributed by atoms with Gasteiger partial charge in [-0.25, -0.2) is 4.98 Å². The van der Waals surface area contributed by atoms with Crippen molar-refractivity contribution >= 4 is 17.5 Å². The van der Waals surface area contributed by atoms with E-state index < -0.39 is 0 Å². The number of nitrogens with zero attached hydrogens (tertiary/aromatic N) is 4. The predicted molar refractivity (Wildman–Crippen MR) is 108 cm³/mol. The summed E-state index contributed by atoms with van der Waals surface area (Å²) in [6.07, 6.45) is 1.80. The number of likely N-dealkylation sites (N-methyl/N-ethyl adjacent to an activating group) is 1. The zero-order valence-corrected chi connectivity index (χ0v) is 15.4. The Morgan fingerprint density at radius 1 is 0.852 bits per heavy atom. The molecular weight excluding hydrogens is 338 g/mol. The first kappa shape index (κ1) is 17.3. The fraction of sp³-hybridized carbons (Fsp3) is 0.238. The molecule has 0 spiro atoms. The summed E-state index contributed by atoms with van der Waals surface area (Å²) in [5.41, 5.74) is 0.957. The summed E-state index contributed by atoms with van der Waals surface area (Å²) < 4.78 is 5.83. The van der Waals surface area contributed by atoms with Crippen LogP contribution in [0.3, 0.4) is 0 Å². The van der Waals surface area contributed by atoms with Gasteiger partial charge in [0, 0.05) is 38.1 Å². The van der Waals surface area contributed by atoms with E-state index in [4.69, 9.17) is 4.74 Å². The van der Waals surface area contributed by atoms with Crippen molar-refractivity contribution in [3.63, 3.8) is 0 Å². The van der Waals surface area contributed by atoms with Crippen LogP contribution in [0.1, 0.15) is 0 Å². The quantitative estimate of drug-likeness (QED) is 0.747. The van der Waals surface area contributed by atoms with Crippen LogP contribution in [0.15, 0.2) is 66.9 Å². The number of hydrogen-bond acceptors (Lipinski definition) is 6. The minimum absolute atomic E-state index is 0.775. The van der Waals surface area contributed by atoms with Gasteiger partial charge in [-0.05, 0) is 49.5 Å². The van der Waals surface area contributed by atoms with E-state index in [0.717, 1.165) is 55.1 Å². The Balaban J connectivity index is 1.41. The second-order valence-corrected chi connectivity index (χ2v) is 6.60. The summed E-state index contributed by atoms with van der Waals surface area (Å²) >= 11 is 0. The van der Waals surface area contributed by atoms with Gasteiger partial charge in [0.2, 0.25) is 5.95 Å². The van der Waals surface area contributed by atoms with Crippen molar-refractivity contribution in [1.82, 2.24) is 14.9 Å². The van der Waals surface area contributed by atoms with Crippen LogP contribution in [-0.4, -0.2) is 48.1 Å². The lowest BCUT2D eigenvalue weighted by Crippen LogP contribution is -2.45. The van der Waals surface area contributed by atoms with Gasteiger partial charge >= 0.3 is 0 Å². The molecule has 2 aromatic carbocycles. The average Bonchev–Trinajstić information content (AvgIpc) is 2.71. The minimum Gasteiger partial charge on any atom is -0.457 e. The molecule has 4 rings (SSSR count). The largest absolute Gasteiger partial charge is 0.457 e. The maximum absolute atomic E-state index is 5.83. The standard InChI is InChI=1S/C21H23N5O/c1-25-13-15-26(16-14-25)21-22-12-11-20(24-21)23-17-7-9-19(10-8-17)27-18-5-3-2-4-6-18/h2-12H,13-16H2,1H3,(H,22,23,24). The molecule has 0 atom stereocenters. The smallest absolute Gasteiger partial charge is 0.227 e. The number of aromatic nitrogens is 2. The fourth-order valence-corrected chi connectivity index (χ4v) is 2.96. The maximum atomic E-state index is 5.83. The summed E-state index contributed by atoms with van der Waals surface area (Å²) in [6, 6.07) is 19.5. The van der Waals surface area contributed by atoms with Crippen molar-refractivity contribution in [2.24, 2.45) is 0 Å². The maximum Gasteiger partial charge on any atom is 0.227 e. The third kappa shape index (κ3) is 4.54. The van der Waals surface area contributed by atoms with E-state index in [2.05, 4.69) is 32.1 Å². The number of anilines is 3. The highest BCUT2D eigenvalue weighted by Crippen LogP contribution is 2.24. The molecule has 27 heavy (non-hydrogen) atoms. The van der Waals surface area contributed by atoms with Crippen LogP contribution in [0.25, 0.3) is 0 Å². The van der Waals surface area contributed by atoms with Gasteiger partial charge in [0.15, 0.2) is 0 Å². The Morgan fingerprint density at radius 3 is 2.30 bits per heavy atom. The Bertz CT molecular complexity index is 861. The van der Waals surface area contributed by atoms with Gasteiger partial charge in [-0.15, -0.1) is 0 Å². The van der Waals surface area contributed by atoms with E-state index in [0.29, 0.717) is 0 Å². The molecule has 0 radical (unpaired) electrons. The molecule has 0 unspecified atom stereocenters. The highest BCUT2D eigenvalue weighted by atomic mass is 16.5. The number of benzene rings is 2. The van der Waals surface area contributed by atoms with Crippen molar-refractivity contribution in [3.8, 4) is 11.5 Å². The molecule has 1 aromatic heterocycles. The Labute approximate surface area is 159 Å². The molecule has 1 aliphatic rings. The SMILES string of the molecule is CN1CCN(c2nccc(Nc3ccc(Oc4ccccc4)cc3)n2)CC1. The van der Waals surface area contributed by atoms with Crippen molar-refractivity contribution in [2.45, 2.75) is 0 Å². The summed E-state index contributed by atoms with van der Waals surface area (Å²) in [5, 5.41) is 3.34. The van der Waals surface area contributed by atoms with Crippen molar-refractivity contribution in [3.05, 3.63) is 66.9 Å². The first-order chi connectivity index (χ1) is 13.3. The van der Waals surface area contributed by atoms with E-state index in [1.165, 1.54) is 0 Å². The molecule has 138 valence electrons. The van der Waals surface area contributed by atoms with Gasteiger partial charge in [-0.3, -0.25) is 0 Å². The topological polar surface area (TPSA) is 53.5 Å². The van der Waals surface area contributed by atoms with Crippen molar-refractivity contribution in [1.29, 1.82) is 0 Å². The lowest BCUT2D eigenvalue weighted by atomic mass is 10.3. The molecule has 1 fully saturated rings. The number of rotatable bonds is 5. The van der Waals surface area contributed by atoms with E-state index >= 15 is 0 Å². The molecule has 0 bridgehead atoms. The van der Waals surface area contributed by atoms with E-state index in [9.17, 15) is 0 Å². The normalized spacial score (nSPS) is 14.8. The molecular formula is C21H23N5O. The lowest BCUT2D eigenvalue weighted by molar-refractivity contribution is 0.311. The van der Waals surface area contributed by atoms with E-state index in [-0.39, 0.29) is 0 Å². The van der Waals surface area contributed by atoms with Gasteiger partial charge in [-0.2, -0.15) is 4.98 Å². The minimum atomic E-state index is 0.775. The zero-order chi connectivity index (χ0) is 18.5. The van der Waals surface area contributed by atoms with Crippen LogP contribution in [0, 0.1) is 0 Å². The molecule has 2 heterocycles. The van der Waals surface area contributed by atoms with Crippen LogP contribution in [0.2, 0.25) is 0 Å². The third-order valence-electron chi connectivity index (χ3n) is 4.53. The van der Waals surface area contributed by atoms with Gasteiger partial charge in [0.25, 0.3) is 0 Å². The summed E-state index contributed by atoms with van der Waals surface area (Å²) in [5.74, 6) is 3.19. The molecule has 1 saturated heterocycles. The second-order valence-electron chi connectivity index (χ2n) is 6.60. The second kappa shape index (κ2) is 8.05. The highest BCUT2D eigenvalue weighted by molar-refractivity contribution is 5.58. The Morgan fingerprint density at radius 2 is 1.56 bits per heavy atom. The molecule has 1 aliphatic heterocycles. The van der Waals surface area contributed by atoms with E-state index in [1.54, 1.807) is 6.20 Å².